The van der Waals surface area contributed by atoms with Gasteiger partial charge in [0.25, 0.3) is 5.56 Å². The van der Waals surface area contributed by atoms with Crippen LogP contribution in [0, 0.1) is 19.3 Å². The molecule has 0 spiro atoms. The van der Waals surface area contributed by atoms with Gasteiger partial charge in [-0.25, -0.2) is 4.98 Å². The molecule has 1 amide bonds. The Hall–Kier alpha value is -3.59. The highest BCUT2D eigenvalue weighted by Crippen LogP contribution is 2.12. The Kier molecular flexibility index (Phi) is 6.07. The number of nitrogens with zero attached hydrogens (tertiary/aromatic N) is 2. The molecule has 6 nitrogen and oxygen atoms in total. The molecule has 0 bridgehead atoms. The number of hydrogen-bond donors (Lipinski definition) is 1. The molecular weight excluding hydrogens is 354 g/mol. The van der Waals surface area contributed by atoms with Gasteiger partial charge in [-0.3, -0.25) is 14.2 Å². The van der Waals surface area contributed by atoms with Crippen LogP contribution in [0.2, 0.25) is 0 Å². The van der Waals surface area contributed by atoms with E-state index in [2.05, 4.69) is 16.2 Å². The molecular formula is C22H21N3O3. The lowest BCUT2D eigenvalue weighted by atomic mass is 10.1. The Morgan fingerprint density at radius 1 is 1.21 bits per heavy atom. The molecule has 2 aromatic carbocycles. The van der Waals surface area contributed by atoms with Crippen molar-refractivity contribution in [2.45, 2.75) is 19.9 Å². The number of terminal acetylenes is 1. The fourth-order valence-electron chi connectivity index (χ4n) is 2.89. The van der Waals surface area contributed by atoms with E-state index in [-0.39, 0.29) is 24.6 Å². The molecule has 0 atom stereocenters. The molecule has 1 N–H and O–H groups in total. The standard InChI is InChI=1S/C22H21N3O3/c1-3-14-28-18-10-8-17(9-11-18)12-13-23-21(26)15-25-16(2)24-20-7-5-4-6-19(20)22(25)27/h1,4-11H,12-15H2,2H3,(H,23,26). The lowest BCUT2D eigenvalue weighted by molar-refractivity contribution is -0.121. The second kappa shape index (κ2) is 8.87. The number of carbonyl (C=O) groups is 1. The molecule has 1 heterocycles. The SMILES string of the molecule is C#CCOc1ccc(CCNC(=O)Cn2c(C)nc3ccccc3c2=O)cc1. The molecule has 1 aromatic heterocycles. The average Bonchev–Trinajstić information content (AvgIpc) is 2.70. The summed E-state index contributed by atoms with van der Waals surface area (Å²) in [5.74, 6) is 3.42. The number of nitrogens with one attached hydrogen (secondary N) is 1. The topological polar surface area (TPSA) is 73.2 Å². The van der Waals surface area contributed by atoms with Crippen molar-refractivity contribution in [3.8, 4) is 18.1 Å². The van der Waals surface area contributed by atoms with Gasteiger partial charge in [-0.05, 0) is 43.2 Å². The third-order valence-corrected chi connectivity index (χ3v) is 4.34. The van der Waals surface area contributed by atoms with Gasteiger partial charge in [-0.1, -0.05) is 30.2 Å². The molecule has 0 radical (unpaired) electrons. The van der Waals surface area contributed by atoms with Crippen molar-refractivity contribution >= 4 is 16.8 Å². The van der Waals surface area contributed by atoms with Crippen LogP contribution in [0.3, 0.4) is 0 Å². The number of fused-ring (bicyclic) bond motifs is 1. The maximum Gasteiger partial charge on any atom is 0.261 e. The third-order valence-electron chi connectivity index (χ3n) is 4.34. The summed E-state index contributed by atoms with van der Waals surface area (Å²) in [4.78, 5) is 29.3. The van der Waals surface area contributed by atoms with Crippen LogP contribution in [0.1, 0.15) is 11.4 Å². The summed E-state index contributed by atoms with van der Waals surface area (Å²) in [6, 6.07) is 14.7. The maximum absolute atomic E-state index is 12.6. The van der Waals surface area contributed by atoms with Gasteiger partial charge in [0.15, 0.2) is 0 Å². The van der Waals surface area contributed by atoms with E-state index in [1.807, 2.05) is 30.3 Å². The first-order valence-electron chi connectivity index (χ1n) is 8.96. The highest BCUT2D eigenvalue weighted by atomic mass is 16.5. The summed E-state index contributed by atoms with van der Waals surface area (Å²) >= 11 is 0. The van der Waals surface area contributed by atoms with E-state index in [1.54, 1.807) is 25.1 Å². The van der Waals surface area contributed by atoms with Crippen LogP contribution in [0.25, 0.3) is 10.9 Å². The molecule has 3 rings (SSSR count). The van der Waals surface area contributed by atoms with Crippen molar-refractivity contribution in [1.29, 1.82) is 0 Å². The number of amides is 1. The Balaban J connectivity index is 1.57. The van der Waals surface area contributed by atoms with Gasteiger partial charge < -0.3 is 10.1 Å². The highest BCUT2D eigenvalue weighted by Gasteiger charge is 2.11. The maximum atomic E-state index is 12.6. The lowest BCUT2D eigenvalue weighted by Crippen LogP contribution is -2.34. The van der Waals surface area contributed by atoms with E-state index in [4.69, 9.17) is 11.2 Å². The van der Waals surface area contributed by atoms with Crippen molar-refractivity contribution < 1.29 is 9.53 Å². The molecule has 0 fully saturated rings. The summed E-state index contributed by atoms with van der Waals surface area (Å²) < 4.78 is 6.73. The fourth-order valence-corrected chi connectivity index (χ4v) is 2.89. The monoisotopic (exact) mass is 375 g/mol. The smallest absolute Gasteiger partial charge is 0.261 e. The van der Waals surface area contributed by atoms with E-state index in [0.717, 1.165) is 5.56 Å². The number of carbonyl (C=O) groups excluding carboxylic acids is 1. The third kappa shape index (κ3) is 4.57. The Morgan fingerprint density at radius 3 is 2.71 bits per heavy atom. The molecule has 0 saturated carbocycles. The van der Waals surface area contributed by atoms with Crippen molar-refractivity contribution in [2.24, 2.45) is 0 Å². The van der Waals surface area contributed by atoms with Crippen LogP contribution in [0.15, 0.2) is 53.3 Å². The number of aromatic nitrogens is 2. The number of rotatable bonds is 7. The van der Waals surface area contributed by atoms with E-state index in [9.17, 15) is 9.59 Å². The summed E-state index contributed by atoms with van der Waals surface area (Å²) in [5, 5.41) is 3.35. The number of benzene rings is 2. The number of ether oxygens (including phenoxy) is 1. The quantitative estimate of drug-likeness (QED) is 0.642. The van der Waals surface area contributed by atoms with Crippen molar-refractivity contribution in [3.05, 3.63) is 70.3 Å². The first-order chi connectivity index (χ1) is 13.6. The summed E-state index contributed by atoms with van der Waals surface area (Å²) in [7, 11) is 0. The van der Waals surface area contributed by atoms with E-state index in [0.29, 0.717) is 35.4 Å². The van der Waals surface area contributed by atoms with Gasteiger partial charge in [-0.15, -0.1) is 6.42 Å². The van der Waals surface area contributed by atoms with E-state index < -0.39 is 0 Å². The second-order valence-corrected chi connectivity index (χ2v) is 6.30. The van der Waals surface area contributed by atoms with Gasteiger partial charge in [0.05, 0.1) is 10.9 Å². The van der Waals surface area contributed by atoms with Crippen molar-refractivity contribution in [1.82, 2.24) is 14.9 Å². The molecule has 0 saturated heterocycles. The van der Waals surface area contributed by atoms with Crippen LogP contribution < -0.4 is 15.6 Å². The van der Waals surface area contributed by atoms with Crippen molar-refractivity contribution in [2.75, 3.05) is 13.2 Å². The minimum atomic E-state index is -0.226. The van der Waals surface area contributed by atoms with Gasteiger partial charge in [0.2, 0.25) is 5.91 Å². The predicted molar refractivity (Wildman–Crippen MR) is 108 cm³/mol. The zero-order valence-corrected chi connectivity index (χ0v) is 15.6. The zero-order valence-electron chi connectivity index (χ0n) is 15.6. The molecule has 0 aliphatic carbocycles. The normalized spacial score (nSPS) is 10.4. The number of hydrogen-bond acceptors (Lipinski definition) is 4. The Labute approximate surface area is 163 Å². The van der Waals surface area contributed by atoms with Crippen LogP contribution in [-0.2, 0) is 17.8 Å². The fraction of sp³-hybridized carbons (Fsp3) is 0.227. The van der Waals surface area contributed by atoms with E-state index in [1.165, 1.54) is 4.57 Å². The molecule has 0 unspecified atom stereocenters. The van der Waals surface area contributed by atoms with Gasteiger partial charge in [-0.2, -0.15) is 0 Å². The Morgan fingerprint density at radius 2 is 1.96 bits per heavy atom. The summed E-state index contributed by atoms with van der Waals surface area (Å²) in [5.41, 5.74) is 1.49. The van der Waals surface area contributed by atoms with Crippen LogP contribution in [-0.4, -0.2) is 28.6 Å². The minimum absolute atomic E-state index is 0.0542. The largest absolute Gasteiger partial charge is 0.481 e. The Bertz CT molecular complexity index is 1080. The highest BCUT2D eigenvalue weighted by molar-refractivity contribution is 5.79. The lowest BCUT2D eigenvalue weighted by Gasteiger charge is -2.11. The molecule has 28 heavy (non-hydrogen) atoms. The molecule has 0 aliphatic heterocycles. The molecule has 6 heteroatoms. The van der Waals surface area contributed by atoms with Crippen LogP contribution in [0.5, 0.6) is 5.75 Å². The van der Waals surface area contributed by atoms with Gasteiger partial charge in [0.1, 0.15) is 24.7 Å². The van der Waals surface area contributed by atoms with Gasteiger partial charge >= 0.3 is 0 Å². The zero-order chi connectivity index (χ0) is 19.9. The number of para-hydroxylation sites is 1. The first-order valence-corrected chi connectivity index (χ1v) is 8.96. The van der Waals surface area contributed by atoms with E-state index >= 15 is 0 Å². The molecule has 0 aliphatic rings. The molecule has 3 aromatic rings. The molecule has 142 valence electrons. The minimum Gasteiger partial charge on any atom is -0.481 e. The second-order valence-electron chi connectivity index (χ2n) is 6.30. The van der Waals surface area contributed by atoms with Crippen molar-refractivity contribution in [3.63, 3.8) is 0 Å². The summed E-state index contributed by atoms with van der Waals surface area (Å²) in [6.45, 7) is 2.38. The first kappa shape index (κ1) is 19.2. The summed E-state index contributed by atoms with van der Waals surface area (Å²) in [6.07, 6.45) is 5.83. The number of aryl methyl sites for hydroxylation is 1. The van der Waals surface area contributed by atoms with Crippen LogP contribution in [0.4, 0.5) is 0 Å². The predicted octanol–water partition coefficient (Wildman–Crippen LogP) is 2.08. The van der Waals surface area contributed by atoms with Crippen LogP contribution >= 0.6 is 0 Å². The average molecular weight is 375 g/mol. The van der Waals surface area contributed by atoms with Gasteiger partial charge in [0, 0.05) is 6.54 Å².